The van der Waals surface area contributed by atoms with Gasteiger partial charge in [-0.05, 0) is 38.2 Å². The number of nitrogens with zero attached hydrogens (tertiary/aromatic N) is 1. The normalized spacial score (nSPS) is 13.9. The predicted octanol–water partition coefficient (Wildman–Crippen LogP) is 1.08. The van der Waals surface area contributed by atoms with E-state index in [4.69, 9.17) is 5.11 Å². The molecule has 0 aliphatic carbocycles. The maximum absolute atomic E-state index is 11.5. The highest BCUT2D eigenvalue weighted by molar-refractivity contribution is 7.90. The van der Waals surface area contributed by atoms with Crippen molar-refractivity contribution in [2.24, 2.45) is 0 Å². The van der Waals surface area contributed by atoms with Gasteiger partial charge in [0.05, 0.1) is 4.90 Å². The van der Waals surface area contributed by atoms with Gasteiger partial charge in [-0.2, -0.15) is 0 Å². The zero-order valence-corrected chi connectivity index (χ0v) is 11.2. The monoisotopic (exact) mass is 257 g/mol. The second kappa shape index (κ2) is 5.62. The molecule has 0 fully saturated rings. The minimum absolute atomic E-state index is 0.0294. The van der Waals surface area contributed by atoms with Crippen molar-refractivity contribution in [3.05, 3.63) is 29.8 Å². The Hall–Kier alpha value is -0.910. The Morgan fingerprint density at radius 2 is 2.00 bits per heavy atom. The average Bonchev–Trinajstić information content (AvgIpc) is 2.24. The van der Waals surface area contributed by atoms with Crippen molar-refractivity contribution >= 4 is 9.84 Å². The molecule has 0 aliphatic rings. The summed E-state index contributed by atoms with van der Waals surface area (Å²) in [6.07, 6.45) is 1.78. The van der Waals surface area contributed by atoms with E-state index < -0.39 is 9.84 Å². The Labute approximate surface area is 103 Å². The molecule has 0 saturated carbocycles. The van der Waals surface area contributed by atoms with Crippen LogP contribution in [-0.2, 0) is 9.84 Å². The van der Waals surface area contributed by atoms with Crippen molar-refractivity contribution in [2.45, 2.75) is 17.4 Å². The van der Waals surface area contributed by atoms with E-state index in [1.807, 2.05) is 25.1 Å². The fourth-order valence-electron chi connectivity index (χ4n) is 1.80. The van der Waals surface area contributed by atoms with E-state index in [1.54, 1.807) is 18.2 Å². The van der Waals surface area contributed by atoms with Gasteiger partial charge in [-0.15, -0.1) is 0 Å². The summed E-state index contributed by atoms with van der Waals surface area (Å²) in [5.41, 5.74) is 0.909. The number of sulfone groups is 1. The first-order chi connectivity index (χ1) is 7.86. The van der Waals surface area contributed by atoms with Crippen LogP contribution in [0, 0.1) is 0 Å². The van der Waals surface area contributed by atoms with Gasteiger partial charge in [0, 0.05) is 18.9 Å². The number of hydrogen-bond donors (Lipinski definition) is 1. The molecule has 0 spiro atoms. The van der Waals surface area contributed by atoms with Gasteiger partial charge in [0.15, 0.2) is 9.84 Å². The number of aliphatic hydroxyl groups is 1. The maximum atomic E-state index is 11.5. The average molecular weight is 257 g/mol. The van der Waals surface area contributed by atoms with Crippen molar-refractivity contribution in [1.29, 1.82) is 0 Å². The molecule has 1 aromatic carbocycles. The van der Waals surface area contributed by atoms with Gasteiger partial charge in [-0.25, -0.2) is 8.42 Å². The van der Waals surface area contributed by atoms with Crippen LogP contribution in [-0.4, -0.2) is 45.4 Å². The molecule has 5 heteroatoms. The molecule has 1 atom stereocenters. The van der Waals surface area contributed by atoms with Gasteiger partial charge in [-0.1, -0.05) is 12.1 Å². The largest absolute Gasteiger partial charge is 0.396 e. The molecule has 4 nitrogen and oxygen atoms in total. The summed E-state index contributed by atoms with van der Waals surface area (Å²) in [5.74, 6) is 0. The third kappa shape index (κ3) is 3.80. The lowest BCUT2D eigenvalue weighted by atomic mass is 10.0. The highest BCUT2D eigenvalue weighted by Crippen LogP contribution is 2.23. The van der Waals surface area contributed by atoms with Crippen LogP contribution in [0.15, 0.2) is 29.2 Å². The van der Waals surface area contributed by atoms with E-state index in [1.165, 1.54) is 6.26 Å². The van der Waals surface area contributed by atoms with Crippen LogP contribution in [0.3, 0.4) is 0 Å². The van der Waals surface area contributed by atoms with Gasteiger partial charge in [0.2, 0.25) is 0 Å². The standard InChI is InChI=1S/C12H19NO3S/c1-13(2)12(7-8-14)10-5-4-6-11(9-10)17(3,15)16/h4-6,9,12,14H,7-8H2,1-3H3. The molecule has 0 saturated heterocycles. The van der Waals surface area contributed by atoms with Gasteiger partial charge in [0.25, 0.3) is 0 Å². The molecule has 0 bridgehead atoms. The first-order valence-corrected chi connectivity index (χ1v) is 7.32. The number of hydrogen-bond acceptors (Lipinski definition) is 4. The number of benzene rings is 1. The van der Waals surface area contributed by atoms with E-state index in [0.717, 1.165) is 5.56 Å². The van der Waals surface area contributed by atoms with Crippen molar-refractivity contribution in [3.63, 3.8) is 0 Å². The van der Waals surface area contributed by atoms with Crippen molar-refractivity contribution in [1.82, 2.24) is 4.90 Å². The summed E-state index contributed by atoms with van der Waals surface area (Å²) in [5, 5.41) is 9.03. The van der Waals surface area contributed by atoms with Gasteiger partial charge < -0.3 is 10.0 Å². The van der Waals surface area contributed by atoms with Gasteiger partial charge in [0.1, 0.15) is 0 Å². The van der Waals surface area contributed by atoms with Crippen LogP contribution < -0.4 is 0 Å². The molecule has 1 rings (SSSR count). The lowest BCUT2D eigenvalue weighted by Crippen LogP contribution is -2.21. The molecule has 0 amide bonds. The molecule has 96 valence electrons. The lowest BCUT2D eigenvalue weighted by Gasteiger charge is -2.24. The van der Waals surface area contributed by atoms with Crippen LogP contribution in [0.25, 0.3) is 0 Å². The van der Waals surface area contributed by atoms with Gasteiger partial charge >= 0.3 is 0 Å². The van der Waals surface area contributed by atoms with E-state index in [0.29, 0.717) is 11.3 Å². The minimum atomic E-state index is -3.18. The molecule has 0 aliphatic heterocycles. The molecular weight excluding hydrogens is 238 g/mol. The summed E-state index contributed by atoms with van der Waals surface area (Å²) < 4.78 is 22.9. The maximum Gasteiger partial charge on any atom is 0.175 e. The van der Waals surface area contributed by atoms with Gasteiger partial charge in [-0.3, -0.25) is 0 Å². The fourth-order valence-corrected chi connectivity index (χ4v) is 2.47. The fraction of sp³-hybridized carbons (Fsp3) is 0.500. The molecule has 0 aromatic heterocycles. The molecule has 1 unspecified atom stereocenters. The second-order valence-electron chi connectivity index (χ2n) is 4.34. The van der Waals surface area contributed by atoms with Crippen LogP contribution in [0.2, 0.25) is 0 Å². The van der Waals surface area contributed by atoms with Crippen LogP contribution >= 0.6 is 0 Å². The predicted molar refractivity (Wildman–Crippen MR) is 67.7 cm³/mol. The van der Waals surface area contributed by atoms with Crippen molar-refractivity contribution in [3.8, 4) is 0 Å². The Kier molecular flexibility index (Phi) is 4.68. The summed E-state index contributed by atoms with van der Waals surface area (Å²) >= 11 is 0. The van der Waals surface area contributed by atoms with Crippen LogP contribution in [0.5, 0.6) is 0 Å². The Bertz CT molecular complexity index is 468. The topological polar surface area (TPSA) is 57.6 Å². The number of rotatable bonds is 5. The quantitative estimate of drug-likeness (QED) is 0.857. The molecule has 0 radical (unpaired) electrons. The molecular formula is C12H19NO3S. The van der Waals surface area contributed by atoms with Crippen molar-refractivity contribution in [2.75, 3.05) is 27.0 Å². The van der Waals surface area contributed by atoms with Crippen LogP contribution in [0.4, 0.5) is 0 Å². The van der Waals surface area contributed by atoms with E-state index in [-0.39, 0.29) is 12.6 Å². The van der Waals surface area contributed by atoms with E-state index in [2.05, 4.69) is 0 Å². The first-order valence-electron chi connectivity index (χ1n) is 5.43. The Balaban J connectivity index is 3.13. The molecule has 0 heterocycles. The highest BCUT2D eigenvalue weighted by Gasteiger charge is 2.15. The third-order valence-corrected chi connectivity index (χ3v) is 3.81. The number of aliphatic hydroxyl groups excluding tert-OH is 1. The summed E-state index contributed by atoms with van der Waals surface area (Å²) in [4.78, 5) is 2.29. The highest BCUT2D eigenvalue weighted by atomic mass is 32.2. The Morgan fingerprint density at radius 1 is 1.35 bits per heavy atom. The molecule has 17 heavy (non-hydrogen) atoms. The van der Waals surface area contributed by atoms with E-state index in [9.17, 15) is 8.42 Å². The zero-order chi connectivity index (χ0) is 13.1. The summed E-state index contributed by atoms with van der Waals surface area (Å²) in [6.45, 7) is 0.0753. The molecule has 1 N–H and O–H groups in total. The third-order valence-electron chi connectivity index (χ3n) is 2.70. The first kappa shape index (κ1) is 14.2. The minimum Gasteiger partial charge on any atom is -0.396 e. The summed E-state index contributed by atoms with van der Waals surface area (Å²) in [6, 6.07) is 6.91. The lowest BCUT2D eigenvalue weighted by molar-refractivity contribution is 0.210. The SMILES string of the molecule is CN(C)C(CCO)c1cccc(S(C)(=O)=O)c1. The molecule has 1 aromatic rings. The van der Waals surface area contributed by atoms with Crippen LogP contribution in [0.1, 0.15) is 18.0 Å². The second-order valence-corrected chi connectivity index (χ2v) is 6.35. The summed E-state index contributed by atoms with van der Waals surface area (Å²) in [7, 11) is 0.640. The zero-order valence-electron chi connectivity index (χ0n) is 10.4. The van der Waals surface area contributed by atoms with E-state index >= 15 is 0 Å². The Morgan fingerprint density at radius 3 is 2.47 bits per heavy atom. The van der Waals surface area contributed by atoms with Crippen molar-refractivity contribution < 1.29 is 13.5 Å². The smallest absolute Gasteiger partial charge is 0.175 e.